The zero-order chi connectivity index (χ0) is 24.7. The fraction of sp³-hybridized carbons (Fsp3) is 0.360. The van der Waals surface area contributed by atoms with Gasteiger partial charge in [-0.05, 0) is 67.9 Å². The molecule has 34 heavy (non-hydrogen) atoms. The summed E-state index contributed by atoms with van der Waals surface area (Å²) in [6, 6.07) is 11.9. The Labute approximate surface area is 205 Å². The molecule has 1 amide bonds. The summed E-state index contributed by atoms with van der Waals surface area (Å²) < 4.78 is 40.8. The molecule has 3 rings (SSSR count). The molecule has 0 aliphatic carbocycles. The minimum atomic E-state index is -3.94. The van der Waals surface area contributed by atoms with Gasteiger partial charge in [-0.2, -0.15) is 8.42 Å². The van der Waals surface area contributed by atoms with Crippen molar-refractivity contribution in [3.63, 3.8) is 0 Å². The van der Waals surface area contributed by atoms with E-state index in [9.17, 15) is 13.2 Å². The molecule has 0 saturated carbocycles. The number of carbonyl (C=O) groups is 1. The second-order valence-electron chi connectivity index (χ2n) is 7.79. The molecule has 0 unspecified atom stereocenters. The number of methoxy groups -OCH3 is 1. The summed E-state index contributed by atoms with van der Waals surface area (Å²) in [6.45, 7) is 6.71. The van der Waals surface area contributed by atoms with Crippen LogP contribution in [0.25, 0.3) is 6.08 Å². The predicted molar refractivity (Wildman–Crippen MR) is 137 cm³/mol. The Kier molecular flexibility index (Phi) is 8.79. The molecule has 1 saturated heterocycles. The van der Waals surface area contributed by atoms with Crippen LogP contribution in [0.3, 0.4) is 0 Å². The maximum Gasteiger partial charge on any atom is 0.284 e. The van der Waals surface area contributed by atoms with Crippen molar-refractivity contribution in [2.75, 3.05) is 20.3 Å². The molecular weight excluding hydrogens is 472 g/mol. The molecule has 1 aliphatic rings. The van der Waals surface area contributed by atoms with Crippen LogP contribution in [0.2, 0.25) is 0 Å². The van der Waals surface area contributed by atoms with Gasteiger partial charge in [-0.3, -0.25) is 9.69 Å². The van der Waals surface area contributed by atoms with Crippen molar-refractivity contribution in [3.8, 4) is 11.5 Å². The van der Waals surface area contributed by atoms with Crippen LogP contribution in [0, 0.1) is 6.92 Å². The zero-order valence-corrected chi connectivity index (χ0v) is 21.5. The Morgan fingerprint density at radius 1 is 1.06 bits per heavy atom. The molecular formula is C25H30N2O5S2. The smallest absolute Gasteiger partial charge is 0.284 e. The molecule has 9 heteroatoms. The number of benzene rings is 2. The third-order valence-corrected chi connectivity index (χ3v) is 7.62. The van der Waals surface area contributed by atoms with Gasteiger partial charge in [0.05, 0.1) is 23.5 Å². The molecule has 0 radical (unpaired) electrons. The quantitative estimate of drug-likeness (QED) is 0.326. The number of aryl methyl sites for hydroxylation is 1. The SMILES string of the molecule is CCCCCOc1ccc(C=C2SC(=NS(=O)(=O)c3ccc(C)cc3)N(CC)C2=O)cc1OC. The van der Waals surface area contributed by atoms with Gasteiger partial charge in [0.1, 0.15) is 0 Å². The number of nitrogens with zero attached hydrogens (tertiary/aromatic N) is 2. The molecule has 0 bridgehead atoms. The maximum atomic E-state index is 12.9. The number of thioether (sulfide) groups is 1. The van der Waals surface area contributed by atoms with Crippen molar-refractivity contribution in [1.29, 1.82) is 0 Å². The number of hydrogen-bond donors (Lipinski definition) is 0. The highest BCUT2D eigenvalue weighted by atomic mass is 32.2. The number of amidine groups is 1. The largest absolute Gasteiger partial charge is 0.493 e. The highest BCUT2D eigenvalue weighted by Gasteiger charge is 2.34. The van der Waals surface area contributed by atoms with Crippen LogP contribution in [0.5, 0.6) is 11.5 Å². The zero-order valence-electron chi connectivity index (χ0n) is 19.9. The summed E-state index contributed by atoms with van der Waals surface area (Å²) in [7, 11) is -2.37. The van der Waals surface area contributed by atoms with Crippen molar-refractivity contribution in [1.82, 2.24) is 4.90 Å². The number of likely N-dealkylation sites (N-methyl/N-ethyl adjacent to an activating group) is 1. The molecule has 0 aromatic heterocycles. The van der Waals surface area contributed by atoms with E-state index in [1.165, 1.54) is 17.0 Å². The van der Waals surface area contributed by atoms with Gasteiger partial charge < -0.3 is 9.47 Å². The lowest BCUT2D eigenvalue weighted by atomic mass is 10.2. The molecule has 2 aromatic carbocycles. The van der Waals surface area contributed by atoms with E-state index < -0.39 is 10.0 Å². The summed E-state index contributed by atoms with van der Waals surface area (Å²) in [4.78, 5) is 14.8. The van der Waals surface area contributed by atoms with Crippen LogP contribution in [0.15, 0.2) is 56.7 Å². The number of unbranched alkanes of at least 4 members (excludes halogenated alkanes) is 2. The van der Waals surface area contributed by atoms with E-state index in [2.05, 4.69) is 11.3 Å². The van der Waals surface area contributed by atoms with Gasteiger partial charge in [-0.15, -0.1) is 4.40 Å². The first-order valence-corrected chi connectivity index (χ1v) is 13.5. The van der Waals surface area contributed by atoms with E-state index in [0.717, 1.165) is 42.2 Å². The number of hydrogen-bond acceptors (Lipinski definition) is 6. The van der Waals surface area contributed by atoms with Gasteiger partial charge in [0.25, 0.3) is 15.9 Å². The number of amides is 1. The average molecular weight is 503 g/mol. The Balaban J connectivity index is 1.85. The molecule has 1 heterocycles. The second-order valence-corrected chi connectivity index (χ2v) is 10.4. The topological polar surface area (TPSA) is 85.3 Å². The lowest BCUT2D eigenvalue weighted by Gasteiger charge is -2.12. The molecule has 0 N–H and O–H groups in total. The monoisotopic (exact) mass is 502 g/mol. The first-order valence-electron chi connectivity index (χ1n) is 11.2. The maximum absolute atomic E-state index is 12.9. The number of rotatable bonds is 10. The molecule has 0 atom stereocenters. The van der Waals surface area contributed by atoms with Crippen molar-refractivity contribution in [3.05, 3.63) is 58.5 Å². The Bertz CT molecular complexity index is 1190. The normalized spacial score (nSPS) is 16.5. The van der Waals surface area contributed by atoms with Crippen molar-refractivity contribution < 1.29 is 22.7 Å². The highest BCUT2D eigenvalue weighted by Crippen LogP contribution is 2.35. The Hall–Kier alpha value is -2.78. The van der Waals surface area contributed by atoms with Crippen LogP contribution in [-0.4, -0.2) is 44.7 Å². The van der Waals surface area contributed by atoms with Gasteiger partial charge in [-0.1, -0.05) is 43.5 Å². The van der Waals surface area contributed by atoms with E-state index in [1.807, 2.05) is 19.1 Å². The van der Waals surface area contributed by atoms with Crippen LogP contribution in [0.1, 0.15) is 44.2 Å². The third-order valence-electron chi connectivity index (χ3n) is 5.21. The minimum Gasteiger partial charge on any atom is -0.493 e. The number of carbonyl (C=O) groups excluding carboxylic acids is 1. The predicted octanol–water partition coefficient (Wildman–Crippen LogP) is 5.25. The van der Waals surface area contributed by atoms with Gasteiger partial charge in [0.15, 0.2) is 16.7 Å². The molecule has 182 valence electrons. The van der Waals surface area contributed by atoms with E-state index in [0.29, 0.717) is 29.6 Å². The summed E-state index contributed by atoms with van der Waals surface area (Å²) in [5.74, 6) is 0.932. The average Bonchev–Trinajstić information content (AvgIpc) is 3.10. The van der Waals surface area contributed by atoms with Crippen LogP contribution < -0.4 is 9.47 Å². The number of ether oxygens (including phenoxy) is 2. The van der Waals surface area contributed by atoms with Gasteiger partial charge in [0, 0.05) is 6.54 Å². The third kappa shape index (κ3) is 6.21. The van der Waals surface area contributed by atoms with E-state index in [1.54, 1.807) is 38.3 Å². The first-order chi connectivity index (χ1) is 16.3. The van der Waals surface area contributed by atoms with Gasteiger partial charge >= 0.3 is 0 Å². The van der Waals surface area contributed by atoms with E-state index in [-0.39, 0.29) is 16.0 Å². The fourth-order valence-electron chi connectivity index (χ4n) is 3.30. The Morgan fingerprint density at radius 3 is 2.44 bits per heavy atom. The summed E-state index contributed by atoms with van der Waals surface area (Å²) >= 11 is 1.04. The second kappa shape index (κ2) is 11.6. The van der Waals surface area contributed by atoms with Crippen molar-refractivity contribution in [2.24, 2.45) is 4.40 Å². The molecule has 2 aromatic rings. The fourth-order valence-corrected chi connectivity index (χ4v) is 5.54. The van der Waals surface area contributed by atoms with Crippen molar-refractivity contribution >= 4 is 38.9 Å². The van der Waals surface area contributed by atoms with E-state index in [4.69, 9.17) is 9.47 Å². The standard InChI is InChI=1S/C25H30N2O5S2/c1-5-7-8-15-32-21-14-11-19(16-22(21)31-4)17-23-24(28)27(6-2)25(33-23)26-34(29,30)20-12-9-18(3)10-13-20/h9-14,16-17H,5-8,15H2,1-4H3. The van der Waals surface area contributed by atoms with Crippen LogP contribution in [0.4, 0.5) is 0 Å². The van der Waals surface area contributed by atoms with Crippen LogP contribution in [-0.2, 0) is 14.8 Å². The van der Waals surface area contributed by atoms with Gasteiger partial charge in [0.2, 0.25) is 0 Å². The molecule has 0 spiro atoms. The molecule has 1 aliphatic heterocycles. The molecule has 1 fully saturated rings. The van der Waals surface area contributed by atoms with Crippen LogP contribution >= 0.6 is 11.8 Å². The lowest BCUT2D eigenvalue weighted by Crippen LogP contribution is -2.29. The van der Waals surface area contributed by atoms with Crippen molar-refractivity contribution in [2.45, 2.75) is 44.9 Å². The van der Waals surface area contributed by atoms with Gasteiger partial charge in [-0.25, -0.2) is 0 Å². The summed E-state index contributed by atoms with van der Waals surface area (Å²) in [5, 5.41) is 0.141. The van der Waals surface area contributed by atoms with E-state index >= 15 is 0 Å². The first kappa shape index (κ1) is 25.8. The lowest BCUT2D eigenvalue weighted by molar-refractivity contribution is -0.122. The summed E-state index contributed by atoms with van der Waals surface area (Å²) in [6.07, 6.45) is 4.89. The minimum absolute atomic E-state index is 0.0893. The molecule has 7 nitrogen and oxygen atoms in total. The number of sulfonamides is 1. The highest BCUT2D eigenvalue weighted by molar-refractivity contribution is 8.19. The summed E-state index contributed by atoms with van der Waals surface area (Å²) in [5.41, 5.74) is 1.69. The Morgan fingerprint density at radius 2 is 1.79 bits per heavy atom.